The summed E-state index contributed by atoms with van der Waals surface area (Å²) in [6.07, 6.45) is 3.36. The van der Waals surface area contributed by atoms with E-state index in [9.17, 15) is 4.79 Å². The molecule has 5 nitrogen and oxygen atoms in total. The molecule has 1 amide bonds. The topological polar surface area (TPSA) is 63.2 Å². The molecule has 1 aromatic heterocycles. The van der Waals surface area contributed by atoms with E-state index in [4.69, 9.17) is 4.74 Å². The third kappa shape index (κ3) is 4.15. The number of aromatic nitrogens is 1. The van der Waals surface area contributed by atoms with Crippen molar-refractivity contribution < 1.29 is 9.53 Å². The summed E-state index contributed by atoms with van der Waals surface area (Å²) in [6, 6.07) is 21.2. The minimum atomic E-state index is -0.0998. The van der Waals surface area contributed by atoms with E-state index in [1.807, 2.05) is 42.5 Å². The predicted molar refractivity (Wildman–Crippen MR) is 105 cm³/mol. The Balaban J connectivity index is 1.45. The molecule has 0 saturated carbocycles. The van der Waals surface area contributed by atoms with E-state index < -0.39 is 0 Å². The van der Waals surface area contributed by atoms with Crippen LogP contribution in [-0.4, -0.2) is 24.0 Å². The highest BCUT2D eigenvalue weighted by molar-refractivity contribution is 5.93. The molecule has 1 fully saturated rings. The molecule has 3 aromatic rings. The lowest BCUT2D eigenvalue weighted by atomic mass is 9.88. The SMILES string of the molecule is O=C(Nc1cccc(Oc2ccncc2)c1)[C@H]1CNC[C@@H]1c1ccccc1. The van der Waals surface area contributed by atoms with Crippen LogP contribution in [0.3, 0.4) is 0 Å². The molecule has 5 heteroatoms. The second kappa shape index (κ2) is 8.01. The Kier molecular flexibility index (Phi) is 5.12. The molecule has 2 heterocycles. The Morgan fingerprint density at radius 1 is 0.963 bits per heavy atom. The number of nitrogens with one attached hydrogen (secondary N) is 2. The summed E-state index contributed by atoms with van der Waals surface area (Å²) >= 11 is 0. The molecule has 2 atom stereocenters. The lowest BCUT2D eigenvalue weighted by Crippen LogP contribution is -2.28. The molecule has 0 bridgehead atoms. The summed E-state index contributed by atoms with van der Waals surface area (Å²) in [5, 5.41) is 6.38. The molecular weight excluding hydrogens is 338 g/mol. The molecule has 1 aliphatic rings. The quantitative estimate of drug-likeness (QED) is 0.727. The first-order valence-electron chi connectivity index (χ1n) is 9.04. The van der Waals surface area contributed by atoms with Gasteiger partial charge in [-0.25, -0.2) is 0 Å². The molecule has 2 aromatic carbocycles. The number of anilines is 1. The van der Waals surface area contributed by atoms with Crippen LogP contribution in [0.1, 0.15) is 11.5 Å². The molecule has 136 valence electrons. The fraction of sp³-hybridized carbons (Fsp3) is 0.182. The average Bonchev–Trinajstić information content (AvgIpc) is 3.20. The van der Waals surface area contributed by atoms with Crippen molar-refractivity contribution in [1.82, 2.24) is 10.3 Å². The van der Waals surface area contributed by atoms with Crippen LogP contribution in [-0.2, 0) is 4.79 Å². The van der Waals surface area contributed by atoms with Crippen molar-refractivity contribution in [2.75, 3.05) is 18.4 Å². The molecule has 27 heavy (non-hydrogen) atoms. The zero-order chi connectivity index (χ0) is 18.5. The van der Waals surface area contributed by atoms with Gasteiger partial charge in [-0.15, -0.1) is 0 Å². The lowest BCUT2D eigenvalue weighted by molar-refractivity contribution is -0.119. The summed E-state index contributed by atoms with van der Waals surface area (Å²) in [5.41, 5.74) is 1.92. The van der Waals surface area contributed by atoms with E-state index >= 15 is 0 Å². The third-order valence-electron chi connectivity index (χ3n) is 4.77. The van der Waals surface area contributed by atoms with Crippen LogP contribution in [0, 0.1) is 5.92 Å². The van der Waals surface area contributed by atoms with Crippen molar-refractivity contribution in [2.24, 2.45) is 5.92 Å². The molecule has 0 spiro atoms. The minimum Gasteiger partial charge on any atom is -0.457 e. The van der Waals surface area contributed by atoms with Crippen molar-refractivity contribution in [2.45, 2.75) is 5.92 Å². The molecule has 4 rings (SSSR count). The molecule has 2 N–H and O–H groups in total. The highest BCUT2D eigenvalue weighted by Gasteiger charge is 2.33. The first-order chi connectivity index (χ1) is 13.3. The van der Waals surface area contributed by atoms with Crippen LogP contribution in [0.4, 0.5) is 5.69 Å². The summed E-state index contributed by atoms with van der Waals surface area (Å²) in [5.74, 6) is 1.48. The van der Waals surface area contributed by atoms with Crippen LogP contribution >= 0.6 is 0 Å². The molecule has 1 aliphatic heterocycles. The van der Waals surface area contributed by atoms with Gasteiger partial charge in [-0.1, -0.05) is 36.4 Å². The van der Waals surface area contributed by atoms with Gasteiger partial charge in [0.15, 0.2) is 0 Å². The van der Waals surface area contributed by atoms with Gasteiger partial charge in [-0.3, -0.25) is 9.78 Å². The number of carbonyl (C=O) groups excluding carboxylic acids is 1. The van der Waals surface area contributed by atoms with Gasteiger partial charge in [0.25, 0.3) is 0 Å². The standard InChI is InChI=1S/C22H21N3O2/c26-22(21-15-24-14-20(21)16-5-2-1-3-6-16)25-17-7-4-8-19(13-17)27-18-9-11-23-12-10-18/h1-13,20-21,24H,14-15H2,(H,25,26)/t20-,21+/m1/s1. The maximum absolute atomic E-state index is 12.9. The molecule has 0 unspecified atom stereocenters. The number of benzene rings is 2. The van der Waals surface area contributed by atoms with Crippen LogP contribution < -0.4 is 15.4 Å². The Labute approximate surface area is 158 Å². The fourth-order valence-corrected chi connectivity index (χ4v) is 3.42. The second-order valence-corrected chi connectivity index (χ2v) is 6.58. The predicted octanol–water partition coefficient (Wildman–Crippen LogP) is 3.82. The molecule has 0 aliphatic carbocycles. The summed E-state index contributed by atoms with van der Waals surface area (Å²) < 4.78 is 5.81. The summed E-state index contributed by atoms with van der Waals surface area (Å²) in [4.78, 5) is 16.8. The lowest BCUT2D eigenvalue weighted by Gasteiger charge is -2.19. The van der Waals surface area contributed by atoms with Gasteiger partial charge in [0.2, 0.25) is 5.91 Å². The Morgan fingerprint density at radius 3 is 2.59 bits per heavy atom. The van der Waals surface area contributed by atoms with E-state index in [1.54, 1.807) is 24.5 Å². The normalized spacial score (nSPS) is 18.8. The van der Waals surface area contributed by atoms with Gasteiger partial charge in [-0.05, 0) is 29.8 Å². The van der Waals surface area contributed by atoms with E-state index in [0.717, 1.165) is 12.2 Å². The average molecular weight is 359 g/mol. The Bertz CT molecular complexity index is 900. The molecular formula is C22H21N3O2. The first kappa shape index (κ1) is 17.2. The van der Waals surface area contributed by atoms with E-state index in [2.05, 4.69) is 27.8 Å². The van der Waals surface area contributed by atoms with E-state index in [-0.39, 0.29) is 17.7 Å². The smallest absolute Gasteiger partial charge is 0.229 e. The van der Waals surface area contributed by atoms with Crippen LogP contribution in [0.5, 0.6) is 11.5 Å². The monoisotopic (exact) mass is 359 g/mol. The van der Waals surface area contributed by atoms with E-state index in [1.165, 1.54) is 5.56 Å². The Morgan fingerprint density at radius 2 is 1.78 bits per heavy atom. The number of carbonyl (C=O) groups is 1. The van der Waals surface area contributed by atoms with Crippen molar-refractivity contribution in [1.29, 1.82) is 0 Å². The number of hydrogen-bond donors (Lipinski definition) is 2. The Hall–Kier alpha value is -3.18. The number of ether oxygens (including phenoxy) is 1. The van der Waals surface area contributed by atoms with Gasteiger partial charge >= 0.3 is 0 Å². The maximum Gasteiger partial charge on any atom is 0.229 e. The molecule has 0 radical (unpaired) electrons. The van der Waals surface area contributed by atoms with Crippen molar-refractivity contribution in [3.63, 3.8) is 0 Å². The highest BCUT2D eigenvalue weighted by Crippen LogP contribution is 2.30. The van der Waals surface area contributed by atoms with E-state index in [0.29, 0.717) is 18.0 Å². The van der Waals surface area contributed by atoms with Crippen LogP contribution in [0.15, 0.2) is 79.1 Å². The first-order valence-corrected chi connectivity index (χ1v) is 9.04. The number of amides is 1. The second-order valence-electron chi connectivity index (χ2n) is 6.58. The largest absolute Gasteiger partial charge is 0.457 e. The number of hydrogen-bond acceptors (Lipinski definition) is 4. The zero-order valence-electron chi connectivity index (χ0n) is 14.8. The van der Waals surface area contributed by atoms with Crippen molar-refractivity contribution >= 4 is 11.6 Å². The zero-order valence-corrected chi connectivity index (χ0v) is 14.8. The van der Waals surface area contributed by atoms with Gasteiger partial charge in [0.05, 0.1) is 5.92 Å². The van der Waals surface area contributed by atoms with Crippen LogP contribution in [0.25, 0.3) is 0 Å². The summed E-state index contributed by atoms with van der Waals surface area (Å²) in [7, 11) is 0. The number of nitrogens with zero attached hydrogens (tertiary/aromatic N) is 1. The number of rotatable bonds is 5. The van der Waals surface area contributed by atoms with Gasteiger partial charge in [0.1, 0.15) is 11.5 Å². The fourth-order valence-electron chi connectivity index (χ4n) is 3.42. The summed E-state index contributed by atoms with van der Waals surface area (Å²) in [6.45, 7) is 1.49. The van der Waals surface area contributed by atoms with Gasteiger partial charge < -0.3 is 15.4 Å². The molecule has 1 saturated heterocycles. The third-order valence-corrected chi connectivity index (χ3v) is 4.77. The van der Waals surface area contributed by atoms with Crippen molar-refractivity contribution in [3.8, 4) is 11.5 Å². The van der Waals surface area contributed by atoms with Crippen molar-refractivity contribution in [3.05, 3.63) is 84.7 Å². The highest BCUT2D eigenvalue weighted by atomic mass is 16.5. The number of pyridine rings is 1. The maximum atomic E-state index is 12.9. The van der Waals surface area contributed by atoms with Gasteiger partial charge in [0, 0.05) is 43.2 Å². The minimum absolute atomic E-state index is 0.0231. The van der Waals surface area contributed by atoms with Crippen LogP contribution in [0.2, 0.25) is 0 Å². The van der Waals surface area contributed by atoms with Gasteiger partial charge in [-0.2, -0.15) is 0 Å².